The molecule has 1 N–H and O–H groups in total. The van der Waals surface area contributed by atoms with Crippen LogP contribution in [0, 0.1) is 11.3 Å². The van der Waals surface area contributed by atoms with Crippen LogP contribution in [-0.2, 0) is 6.42 Å². The Morgan fingerprint density at radius 2 is 2.23 bits per heavy atom. The molecule has 1 saturated heterocycles. The zero-order valence-corrected chi connectivity index (χ0v) is 12.3. The van der Waals surface area contributed by atoms with Crippen molar-refractivity contribution in [3.05, 3.63) is 18.0 Å². The number of hydrogen-bond acceptors (Lipinski definition) is 4. The number of halogens is 3. The average Bonchev–Trinajstić information content (AvgIpc) is 3.02. The molecule has 0 unspecified atom stereocenters. The normalized spacial score (nSPS) is 28.2. The lowest BCUT2D eigenvalue weighted by Gasteiger charge is -2.25. The SMILES string of the molecule is OC[C@@]12CCC[C@@H]1CN(c1nccc(CCC(F)(F)F)n1)C2. The quantitative estimate of drug-likeness (QED) is 0.928. The second kappa shape index (κ2) is 5.68. The van der Waals surface area contributed by atoms with Gasteiger partial charge in [0.15, 0.2) is 0 Å². The molecular formula is C15H20F3N3O. The fraction of sp³-hybridized carbons (Fsp3) is 0.733. The van der Waals surface area contributed by atoms with E-state index in [1.54, 1.807) is 0 Å². The zero-order valence-electron chi connectivity index (χ0n) is 12.3. The van der Waals surface area contributed by atoms with Crippen LogP contribution in [0.3, 0.4) is 0 Å². The minimum Gasteiger partial charge on any atom is -0.396 e. The number of rotatable bonds is 4. The first-order chi connectivity index (χ1) is 10.4. The molecule has 1 aliphatic heterocycles. The van der Waals surface area contributed by atoms with E-state index >= 15 is 0 Å². The average molecular weight is 315 g/mol. The molecule has 2 fully saturated rings. The lowest BCUT2D eigenvalue weighted by Crippen LogP contribution is -2.31. The van der Waals surface area contributed by atoms with Crippen molar-refractivity contribution in [1.29, 1.82) is 0 Å². The molecule has 3 rings (SSSR count). The lowest BCUT2D eigenvalue weighted by atomic mass is 9.82. The zero-order chi connectivity index (χ0) is 15.8. The summed E-state index contributed by atoms with van der Waals surface area (Å²) in [4.78, 5) is 10.5. The molecule has 2 atom stereocenters. The van der Waals surface area contributed by atoms with Crippen molar-refractivity contribution in [3.63, 3.8) is 0 Å². The summed E-state index contributed by atoms with van der Waals surface area (Å²) in [5.41, 5.74) is 0.336. The van der Waals surface area contributed by atoms with Gasteiger partial charge in [-0.2, -0.15) is 13.2 Å². The maximum atomic E-state index is 12.3. The molecule has 4 nitrogen and oxygen atoms in total. The molecule has 2 aliphatic rings. The third kappa shape index (κ3) is 3.04. The third-order valence-corrected chi connectivity index (χ3v) is 5.00. The number of aromatic nitrogens is 2. The smallest absolute Gasteiger partial charge is 0.389 e. The molecule has 0 radical (unpaired) electrons. The first-order valence-electron chi connectivity index (χ1n) is 7.66. The van der Waals surface area contributed by atoms with E-state index in [1.165, 1.54) is 12.3 Å². The number of aliphatic hydroxyl groups excluding tert-OH is 1. The summed E-state index contributed by atoms with van der Waals surface area (Å²) < 4.78 is 36.9. The minimum atomic E-state index is -4.17. The first-order valence-corrected chi connectivity index (χ1v) is 7.66. The molecule has 0 bridgehead atoms. The van der Waals surface area contributed by atoms with Crippen LogP contribution in [-0.4, -0.2) is 40.9 Å². The van der Waals surface area contributed by atoms with E-state index < -0.39 is 12.6 Å². The van der Waals surface area contributed by atoms with Crippen LogP contribution in [0.5, 0.6) is 0 Å². The number of nitrogens with zero attached hydrogens (tertiary/aromatic N) is 3. The monoisotopic (exact) mass is 315 g/mol. The number of anilines is 1. The summed E-state index contributed by atoms with van der Waals surface area (Å²) in [7, 11) is 0. The predicted molar refractivity (Wildman–Crippen MR) is 75.5 cm³/mol. The van der Waals surface area contributed by atoms with Gasteiger partial charge in [0, 0.05) is 36.8 Å². The molecule has 0 spiro atoms. The molecule has 0 amide bonds. The van der Waals surface area contributed by atoms with Gasteiger partial charge in [0.25, 0.3) is 0 Å². The van der Waals surface area contributed by atoms with Crippen LogP contribution in [0.2, 0.25) is 0 Å². The molecule has 1 aromatic heterocycles. The van der Waals surface area contributed by atoms with E-state index in [4.69, 9.17) is 0 Å². The van der Waals surface area contributed by atoms with Gasteiger partial charge in [-0.25, -0.2) is 9.97 Å². The molecular weight excluding hydrogens is 295 g/mol. The van der Waals surface area contributed by atoms with Crippen LogP contribution in [0.4, 0.5) is 19.1 Å². The Balaban J connectivity index is 1.71. The summed E-state index contributed by atoms with van der Waals surface area (Å²) in [5, 5.41) is 9.73. The van der Waals surface area contributed by atoms with E-state index in [1.807, 2.05) is 4.90 Å². The molecule has 1 aliphatic carbocycles. The Hall–Kier alpha value is -1.37. The molecule has 7 heteroatoms. The van der Waals surface area contributed by atoms with Gasteiger partial charge in [0.1, 0.15) is 0 Å². The Morgan fingerprint density at radius 3 is 2.91 bits per heavy atom. The number of alkyl halides is 3. The highest BCUT2D eigenvalue weighted by Crippen LogP contribution is 2.48. The predicted octanol–water partition coefficient (Wildman–Crippen LogP) is 2.57. The van der Waals surface area contributed by atoms with Gasteiger partial charge in [-0.3, -0.25) is 0 Å². The van der Waals surface area contributed by atoms with Crippen molar-refractivity contribution in [3.8, 4) is 0 Å². The molecule has 2 heterocycles. The Morgan fingerprint density at radius 1 is 1.41 bits per heavy atom. The third-order valence-electron chi connectivity index (χ3n) is 5.00. The standard InChI is InChI=1S/C15H20F3N3O/c16-15(17,18)6-3-12-4-7-19-13(20-12)21-8-11-2-1-5-14(11,9-21)10-22/h4,7,11,22H,1-3,5-6,8-10H2/t11-,14+/m1/s1. The molecule has 0 aromatic carbocycles. The second-order valence-corrected chi connectivity index (χ2v) is 6.45. The van der Waals surface area contributed by atoms with Crippen LogP contribution >= 0.6 is 0 Å². The number of hydrogen-bond donors (Lipinski definition) is 1. The van der Waals surface area contributed by atoms with Gasteiger partial charge < -0.3 is 10.0 Å². The van der Waals surface area contributed by atoms with Gasteiger partial charge in [-0.05, 0) is 31.2 Å². The summed E-state index contributed by atoms with van der Waals surface area (Å²) in [6, 6.07) is 1.54. The molecule has 1 aromatic rings. The van der Waals surface area contributed by atoms with Crippen LogP contribution < -0.4 is 4.90 Å². The maximum Gasteiger partial charge on any atom is 0.389 e. The highest BCUT2D eigenvalue weighted by atomic mass is 19.4. The maximum absolute atomic E-state index is 12.3. The van der Waals surface area contributed by atoms with Gasteiger partial charge in [0.2, 0.25) is 5.95 Å². The highest BCUT2D eigenvalue weighted by molar-refractivity contribution is 5.35. The van der Waals surface area contributed by atoms with Crippen molar-refractivity contribution in [2.24, 2.45) is 11.3 Å². The number of fused-ring (bicyclic) bond motifs is 1. The topological polar surface area (TPSA) is 49.2 Å². The fourth-order valence-electron chi connectivity index (χ4n) is 3.77. The molecule has 122 valence electrons. The highest BCUT2D eigenvalue weighted by Gasteiger charge is 2.49. The van der Waals surface area contributed by atoms with Crippen molar-refractivity contribution in [2.75, 3.05) is 24.6 Å². The number of aliphatic hydroxyl groups is 1. The Kier molecular flexibility index (Phi) is 4.01. The van der Waals surface area contributed by atoms with Gasteiger partial charge in [-0.1, -0.05) is 6.42 Å². The second-order valence-electron chi connectivity index (χ2n) is 6.45. The van der Waals surface area contributed by atoms with E-state index in [-0.39, 0.29) is 18.4 Å². The first kappa shape index (κ1) is 15.5. The summed E-state index contributed by atoms with van der Waals surface area (Å²) in [6.07, 6.45) is -0.423. The van der Waals surface area contributed by atoms with Crippen LogP contribution in [0.15, 0.2) is 12.3 Å². The summed E-state index contributed by atoms with van der Waals surface area (Å²) in [5.74, 6) is 0.918. The molecule has 1 saturated carbocycles. The van der Waals surface area contributed by atoms with Crippen molar-refractivity contribution in [1.82, 2.24) is 9.97 Å². The summed E-state index contributed by atoms with van der Waals surface area (Å²) >= 11 is 0. The van der Waals surface area contributed by atoms with E-state index in [0.717, 1.165) is 25.8 Å². The van der Waals surface area contributed by atoms with Crippen molar-refractivity contribution < 1.29 is 18.3 Å². The largest absolute Gasteiger partial charge is 0.396 e. The molecule has 22 heavy (non-hydrogen) atoms. The lowest BCUT2D eigenvalue weighted by molar-refractivity contribution is -0.134. The van der Waals surface area contributed by atoms with E-state index in [9.17, 15) is 18.3 Å². The summed E-state index contributed by atoms with van der Waals surface area (Å²) in [6.45, 7) is 1.63. The van der Waals surface area contributed by atoms with Gasteiger partial charge in [0.05, 0.1) is 6.61 Å². The van der Waals surface area contributed by atoms with Crippen molar-refractivity contribution >= 4 is 5.95 Å². The fourth-order valence-corrected chi connectivity index (χ4v) is 3.77. The minimum absolute atomic E-state index is 0.0780. The Labute approximate surface area is 127 Å². The van der Waals surface area contributed by atoms with Gasteiger partial charge in [-0.15, -0.1) is 0 Å². The van der Waals surface area contributed by atoms with E-state index in [2.05, 4.69) is 9.97 Å². The van der Waals surface area contributed by atoms with Gasteiger partial charge >= 0.3 is 6.18 Å². The van der Waals surface area contributed by atoms with Crippen LogP contribution in [0.1, 0.15) is 31.4 Å². The number of aryl methyl sites for hydroxylation is 1. The Bertz CT molecular complexity index is 537. The van der Waals surface area contributed by atoms with E-state index in [0.29, 0.717) is 24.1 Å². The van der Waals surface area contributed by atoms with Crippen LogP contribution in [0.25, 0.3) is 0 Å². The van der Waals surface area contributed by atoms with Crippen molar-refractivity contribution in [2.45, 2.75) is 38.3 Å².